The first-order valence-electron chi connectivity index (χ1n) is 8.71. The fourth-order valence-electron chi connectivity index (χ4n) is 3.91. The first-order valence-corrected chi connectivity index (χ1v) is 10.2. The summed E-state index contributed by atoms with van der Waals surface area (Å²) in [6.07, 6.45) is 7.12. The molecular weight excluding hydrogens is 324 g/mol. The van der Waals surface area contributed by atoms with E-state index in [4.69, 9.17) is 4.74 Å². The van der Waals surface area contributed by atoms with Gasteiger partial charge in [0.05, 0.1) is 18.1 Å². The highest BCUT2D eigenvalue weighted by Gasteiger charge is 2.40. The summed E-state index contributed by atoms with van der Waals surface area (Å²) in [4.78, 5) is 0.371. The van der Waals surface area contributed by atoms with Crippen LogP contribution in [-0.4, -0.2) is 45.1 Å². The molecule has 130 valence electrons. The van der Waals surface area contributed by atoms with E-state index >= 15 is 0 Å². The van der Waals surface area contributed by atoms with Crippen molar-refractivity contribution in [3.05, 3.63) is 42.0 Å². The second-order valence-electron chi connectivity index (χ2n) is 6.88. The first-order chi connectivity index (χ1) is 11.6. The van der Waals surface area contributed by atoms with Gasteiger partial charge in [-0.15, -0.1) is 0 Å². The van der Waals surface area contributed by atoms with Crippen molar-refractivity contribution in [1.82, 2.24) is 9.62 Å². The number of sulfonamides is 1. The molecular formula is C18H24N2O3S. The first kappa shape index (κ1) is 16.3. The Labute approximate surface area is 143 Å². The van der Waals surface area contributed by atoms with E-state index in [0.717, 1.165) is 18.0 Å². The maximum atomic E-state index is 12.6. The summed E-state index contributed by atoms with van der Waals surface area (Å²) >= 11 is 0. The number of allylic oxidation sites excluding steroid dienone is 1. The lowest BCUT2D eigenvalue weighted by Crippen LogP contribution is -2.47. The summed E-state index contributed by atoms with van der Waals surface area (Å²) in [6.45, 7) is 2.60. The van der Waals surface area contributed by atoms with Crippen molar-refractivity contribution in [1.29, 1.82) is 0 Å². The number of hydrogen-bond acceptors (Lipinski definition) is 4. The molecule has 0 spiro atoms. The Morgan fingerprint density at radius 3 is 2.62 bits per heavy atom. The molecule has 0 bridgehead atoms. The lowest BCUT2D eigenvalue weighted by atomic mass is 9.71. The molecule has 2 aliphatic carbocycles. The second kappa shape index (κ2) is 6.59. The van der Waals surface area contributed by atoms with Crippen LogP contribution in [0.4, 0.5) is 0 Å². The zero-order chi connectivity index (χ0) is 16.6. The molecule has 1 N–H and O–H groups in total. The van der Waals surface area contributed by atoms with E-state index in [1.54, 1.807) is 12.1 Å². The van der Waals surface area contributed by atoms with Gasteiger partial charge in [-0.05, 0) is 42.4 Å². The molecule has 0 amide bonds. The number of hydrogen-bond donors (Lipinski definition) is 1. The van der Waals surface area contributed by atoms with E-state index in [9.17, 15) is 8.42 Å². The van der Waals surface area contributed by atoms with Gasteiger partial charge in [-0.1, -0.05) is 24.3 Å². The summed E-state index contributed by atoms with van der Waals surface area (Å²) in [5, 5.41) is 3.60. The number of nitrogens with zero attached hydrogens (tertiary/aromatic N) is 1. The van der Waals surface area contributed by atoms with Crippen LogP contribution in [-0.2, 0) is 21.3 Å². The number of fused-ring (bicyclic) bond motifs is 1. The zero-order valence-corrected chi connectivity index (χ0v) is 14.5. The maximum absolute atomic E-state index is 12.6. The fraction of sp³-hybridized carbons (Fsp3) is 0.556. The lowest BCUT2D eigenvalue weighted by Gasteiger charge is -2.40. The van der Waals surface area contributed by atoms with Gasteiger partial charge in [0, 0.05) is 25.7 Å². The quantitative estimate of drug-likeness (QED) is 0.824. The van der Waals surface area contributed by atoms with Crippen LogP contribution in [0.25, 0.3) is 0 Å². The van der Waals surface area contributed by atoms with Crippen LogP contribution in [0.1, 0.15) is 18.4 Å². The highest BCUT2D eigenvalue weighted by Crippen LogP contribution is 2.42. The van der Waals surface area contributed by atoms with Crippen molar-refractivity contribution >= 4 is 10.0 Å². The van der Waals surface area contributed by atoms with Crippen molar-refractivity contribution < 1.29 is 13.2 Å². The van der Waals surface area contributed by atoms with Crippen LogP contribution in [0, 0.1) is 11.8 Å². The molecule has 1 heterocycles. The molecule has 1 aromatic carbocycles. The predicted octanol–water partition coefficient (Wildman–Crippen LogP) is 1.76. The molecule has 5 nitrogen and oxygen atoms in total. The van der Waals surface area contributed by atoms with Crippen LogP contribution in [0.2, 0.25) is 0 Å². The van der Waals surface area contributed by atoms with E-state index in [2.05, 4.69) is 17.5 Å². The van der Waals surface area contributed by atoms with Gasteiger partial charge in [0.25, 0.3) is 0 Å². The average molecular weight is 348 g/mol. The van der Waals surface area contributed by atoms with Crippen LogP contribution in [0.15, 0.2) is 41.3 Å². The standard InChI is InChI=1S/C18H24N2O3S/c21-24(22,20-8-10-23-11-9-20)16-6-4-14(5-7-16)13-19-18-12-15-2-1-3-17(15)18/h1,3-7,15,17-19H,2,8-13H2/t15-,17+,18+/m0/s1. The molecule has 6 heteroatoms. The van der Waals surface area contributed by atoms with E-state index in [0.29, 0.717) is 43.2 Å². The average Bonchev–Trinajstić information content (AvgIpc) is 2.97. The molecule has 3 aliphatic rings. The van der Waals surface area contributed by atoms with Gasteiger partial charge in [-0.3, -0.25) is 0 Å². The van der Waals surface area contributed by atoms with E-state index in [1.165, 1.54) is 17.1 Å². The number of nitrogens with one attached hydrogen (secondary N) is 1. The third-order valence-corrected chi connectivity index (χ3v) is 7.38. The van der Waals surface area contributed by atoms with Crippen molar-refractivity contribution in [2.24, 2.45) is 11.8 Å². The minimum atomic E-state index is -3.39. The minimum Gasteiger partial charge on any atom is -0.379 e. The highest BCUT2D eigenvalue weighted by atomic mass is 32.2. The van der Waals surface area contributed by atoms with Gasteiger partial charge in [0.2, 0.25) is 10.0 Å². The predicted molar refractivity (Wildman–Crippen MR) is 92.0 cm³/mol. The molecule has 1 saturated heterocycles. The Balaban J connectivity index is 1.36. The number of ether oxygens (including phenoxy) is 1. The Hall–Kier alpha value is -1.21. The van der Waals surface area contributed by atoms with Crippen LogP contribution in [0.3, 0.4) is 0 Å². The molecule has 24 heavy (non-hydrogen) atoms. The Bertz CT molecular complexity index is 708. The van der Waals surface area contributed by atoms with E-state index in [-0.39, 0.29) is 0 Å². The normalized spacial score (nSPS) is 30.1. The topological polar surface area (TPSA) is 58.6 Å². The molecule has 3 atom stereocenters. The number of benzene rings is 1. The Morgan fingerprint density at radius 2 is 1.92 bits per heavy atom. The Morgan fingerprint density at radius 1 is 1.17 bits per heavy atom. The third-order valence-electron chi connectivity index (χ3n) is 5.46. The monoisotopic (exact) mass is 348 g/mol. The molecule has 1 aliphatic heterocycles. The van der Waals surface area contributed by atoms with Gasteiger partial charge in [-0.25, -0.2) is 8.42 Å². The van der Waals surface area contributed by atoms with Gasteiger partial charge in [-0.2, -0.15) is 4.31 Å². The molecule has 0 radical (unpaired) electrons. The van der Waals surface area contributed by atoms with Gasteiger partial charge in [0.1, 0.15) is 0 Å². The molecule has 1 aromatic rings. The zero-order valence-electron chi connectivity index (χ0n) is 13.7. The van der Waals surface area contributed by atoms with E-state index < -0.39 is 10.0 Å². The summed E-state index contributed by atoms with van der Waals surface area (Å²) in [5.74, 6) is 1.55. The third kappa shape index (κ3) is 3.04. The number of rotatable bonds is 5. The maximum Gasteiger partial charge on any atom is 0.243 e. The summed E-state index contributed by atoms with van der Waals surface area (Å²) in [6, 6.07) is 7.86. The summed E-state index contributed by atoms with van der Waals surface area (Å²) in [5.41, 5.74) is 1.13. The number of morpholine rings is 1. The summed E-state index contributed by atoms with van der Waals surface area (Å²) < 4.78 is 31.9. The molecule has 2 fully saturated rings. The lowest BCUT2D eigenvalue weighted by molar-refractivity contribution is 0.0730. The van der Waals surface area contributed by atoms with Crippen LogP contribution >= 0.6 is 0 Å². The second-order valence-corrected chi connectivity index (χ2v) is 8.82. The van der Waals surface area contributed by atoms with Crippen molar-refractivity contribution in [2.45, 2.75) is 30.3 Å². The van der Waals surface area contributed by atoms with Gasteiger partial charge < -0.3 is 10.1 Å². The van der Waals surface area contributed by atoms with E-state index in [1.807, 2.05) is 12.1 Å². The summed E-state index contributed by atoms with van der Waals surface area (Å²) in [7, 11) is -3.39. The van der Waals surface area contributed by atoms with Crippen molar-refractivity contribution in [2.75, 3.05) is 26.3 Å². The molecule has 1 saturated carbocycles. The Kier molecular flexibility index (Phi) is 4.47. The minimum absolute atomic E-state index is 0.371. The molecule has 0 aromatic heterocycles. The molecule has 0 unspecified atom stereocenters. The largest absolute Gasteiger partial charge is 0.379 e. The van der Waals surface area contributed by atoms with Crippen LogP contribution in [0.5, 0.6) is 0 Å². The SMILES string of the molecule is O=S(=O)(c1ccc(CN[C@@H]2C[C@@H]3CC=C[C@H]32)cc1)N1CCOCC1. The van der Waals surface area contributed by atoms with Crippen molar-refractivity contribution in [3.63, 3.8) is 0 Å². The smallest absolute Gasteiger partial charge is 0.243 e. The van der Waals surface area contributed by atoms with Crippen molar-refractivity contribution in [3.8, 4) is 0 Å². The van der Waals surface area contributed by atoms with Gasteiger partial charge in [0.15, 0.2) is 0 Å². The van der Waals surface area contributed by atoms with Crippen LogP contribution < -0.4 is 5.32 Å². The van der Waals surface area contributed by atoms with Gasteiger partial charge >= 0.3 is 0 Å². The molecule has 4 rings (SSSR count). The highest BCUT2D eigenvalue weighted by molar-refractivity contribution is 7.89. The fourth-order valence-corrected chi connectivity index (χ4v) is 5.32.